The molecule has 1 aromatic rings. The molecule has 0 saturated carbocycles. The van der Waals surface area contributed by atoms with E-state index >= 15 is 0 Å². The Hall–Kier alpha value is -1.32. The van der Waals surface area contributed by atoms with Gasteiger partial charge in [-0.3, -0.25) is 10.1 Å². The summed E-state index contributed by atoms with van der Waals surface area (Å²) in [4.78, 5) is 14.1. The summed E-state index contributed by atoms with van der Waals surface area (Å²) >= 11 is 6.85. The van der Waals surface area contributed by atoms with Crippen LogP contribution < -0.4 is 0 Å². The minimum atomic E-state index is -0.545. The van der Waals surface area contributed by atoms with Gasteiger partial charge in [0.1, 0.15) is 6.07 Å². The van der Waals surface area contributed by atoms with Crippen molar-refractivity contribution in [2.45, 2.75) is 17.2 Å². The van der Waals surface area contributed by atoms with Gasteiger partial charge in [-0.05, 0) is 0 Å². The van der Waals surface area contributed by atoms with Crippen LogP contribution in [0.4, 0.5) is 5.69 Å². The van der Waals surface area contributed by atoms with Crippen molar-refractivity contribution in [3.8, 4) is 6.07 Å². The van der Waals surface area contributed by atoms with Crippen LogP contribution in [0.5, 0.6) is 0 Å². The molecule has 0 aliphatic carbocycles. The monoisotopic (exact) mass is 257 g/mol. The van der Waals surface area contributed by atoms with E-state index in [1.807, 2.05) is 13.0 Å². The fourth-order valence-corrected chi connectivity index (χ4v) is 1.95. The van der Waals surface area contributed by atoms with E-state index in [1.54, 1.807) is 0 Å². The summed E-state index contributed by atoms with van der Waals surface area (Å²) < 4.78 is 0. The quantitative estimate of drug-likeness (QED) is 0.358. The fraction of sp³-hybridized carbons (Fsp3) is 0.333. The first kappa shape index (κ1) is 12.7. The van der Waals surface area contributed by atoms with E-state index in [1.165, 1.54) is 24.0 Å². The summed E-state index contributed by atoms with van der Waals surface area (Å²) in [5.74, 6) is 0.378. The molecular formula is C9H8ClN3O2S. The molecule has 84 valence electrons. The Morgan fingerprint density at radius 3 is 3.00 bits per heavy atom. The van der Waals surface area contributed by atoms with Gasteiger partial charge < -0.3 is 0 Å². The highest BCUT2D eigenvalue weighted by Crippen LogP contribution is 2.30. The van der Waals surface area contributed by atoms with Crippen LogP contribution in [-0.4, -0.2) is 21.0 Å². The first-order valence-electron chi connectivity index (χ1n) is 4.35. The van der Waals surface area contributed by atoms with Gasteiger partial charge in [0.05, 0.1) is 10.5 Å². The molecule has 1 atom stereocenters. The van der Waals surface area contributed by atoms with Crippen LogP contribution in [0.1, 0.15) is 12.5 Å². The van der Waals surface area contributed by atoms with Crippen molar-refractivity contribution < 1.29 is 4.92 Å². The Balaban J connectivity index is 3.09. The third-order valence-electron chi connectivity index (χ3n) is 1.69. The second kappa shape index (κ2) is 5.68. The second-order valence-electron chi connectivity index (χ2n) is 3.00. The summed E-state index contributed by atoms with van der Waals surface area (Å²) in [6.07, 6.45) is 1.32. The maximum Gasteiger partial charge on any atom is 0.302 e. The molecule has 0 aliphatic heterocycles. The van der Waals surface area contributed by atoms with Crippen LogP contribution in [-0.2, 0) is 0 Å². The second-order valence-corrected chi connectivity index (χ2v) is 4.74. The molecule has 0 aromatic carbocycles. The molecule has 0 amide bonds. The number of hydrogen-bond donors (Lipinski definition) is 0. The zero-order valence-corrected chi connectivity index (χ0v) is 9.96. The normalized spacial score (nSPS) is 11.8. The van der Waals surface area contributed by atoms with Crippen molar-refractivity contribution in [3.05, 3.63) is 27.9 Å². The molecule has 5 nitrogen and oxygen atoms in total. The highest BCUT2D eigenvalue weighted by atomic mass is 35.5. The van der Waals surface area contributed by atoms with Gasteiger partial charge in [0.15, 0.2) is 5.03 Å². The number of nitriles is 1. The van der Waals surface area contributed by atoms with E-state index in [0.29, 0.717) is 5.88 Å². The molecular weight excluding hydrogens is 250 g/mol. The third kappa shape index (κ3) is 3.08. The van der Waals surface area contributed by atoms with E-state index in [9.17, 15) is 10.1 Å². The third-order valence-corrected chi connectivity index (χ3v) is 3.44. The molecule has 16 heavy (non-hydrogen) atoms. The van der Waals surface area contributed by atoms with Crippen molar-refractivity contribution in [3.63, 3.8) is 0 Å². The van der Waals surface area contributed by atoms with E-state index in [2.05, 4.69) is 4.98 Å². The lowest BCUT2D eigenvalue weighted by Gasteiger charge is -2.06. The van der Waals surface area contributed by atoms with E-state index < -0.39 is 4.92 Å². The van der Waals surface area contributed by atoms with Gasteiger partial charge in [-0.2, -0.15) is 5.26 Å². The molecule has 7 heteroatoms. The number of nitro groups is 1. The lowest BCUT2D eigenvalue weighted by atomic mass is 10.3. The zero-order valence-electron chi connectivity index (χ0n) is 8.38. The average Bonchev–Trinajstić information content (AvgIpc) is 2.29. The Morgan fingerprint density at radius 2 is 2.50 bits per heavy atom. The predicted molar refractivity (Wildman–Crippen MR) is 61.6 cm³/mol. The van der Waals surface area contributed by atoms with Crippen LogP contribution in [0.25, 0.3) is 0 Å². The molecule has 0 aliphatic rings. The number of pyridine rings is 1. The summed E-state index contributed by atoms with van der Waals surface area (Å²) in [6.45, 7) is 1.85. The van der Waals surface area contributed by atoms with Gasteiger partial charge in [-0.1, -0.05) is 18.7 Å². The molecule has 0 radical (unpaired) electrons. The summed E-state index contributed by atoms with van der Waals surface area (Å²) in [7, 11) is 0. The van der Waals surface area contributed by atoms with E-state index in [-0.39, 0.29) is 21.5 Å². The van der Waals surface area contributed by atoms with Crippen LogP contribution >= 0.6 is 23.4 Å². The van der Waals surface area contributed by atoms with Crippen molar-refractivity contribution in [1.29, 1.82) is 5.26 Å². The van der Waals surface area contributed by atoms with Crippen LogP contribution in [0.15, 0.2) is 17.3 Å². The van der Waals surface area contributed by atoms with Gasteiger partial charge >= 0.3 is 5.69 Å². The fourth-order valence-electron chi connectivity index (χ4n) is 0.945. The van der Waals surface area contributed by atoms with Crippen molar-refractivity contribution in [1.82, 2.24) is 4.98 Å². The van der Waals surface area contributed by atoms with Crippen LogP contribution in [0.3, 0.4) is 0 Å². The van der Waals surface area contributed by atoms with Crippen molar-refractivity contribution in [2.75, 3.05) is 5.88 Å². The van der Waals surface area contributed by atoms with E-state index in [0.717, 1.165) is 0 Å². The molecule has 1 aromatic heterocycles. The standard InChI is InChI=1S/C9H8ClN3O2S/c1-6(3-10)16-9-8(13(14)15)2-7(4-11)5-12-9/h2,5-6H,3H2,1H3. The predicted octanol–water partition coefficient (Wildman–Crippen LogP) is 2.58. The largest absolute Gasteiger partial charge is 0.302 e. The first-order chi connectivity index (χ1) is 7.58. The maximum atomic E-state index is 10.8. The van der Waals surface area contributed by atoms with Gasteiger partial charge in [-0.15, -0.1) is 11.6 Å². The summed E-state index contributed by atoms with van der Waals surface area (Å²) in [5.41, 5.74) is 0.0237. The molecule has 1 rings (SSSR count). The van der Waals surface area contributed by atoms with Gasteiger partial charge in [0, 0.05) is 23.4 Å². The number of aromatic nitrogens is 1. The number of halogens is 1. The minimum Gasteiger partial charge on any atom is -0.258 e. The lowest BCUT2D eigenvalue weighted by molar-refractivity contribution is -0.388. The molecule has 0 saturated heterocycles. The number of thioether (sulfide) groups is 1. The minimum absolute atomic E-state index is 0.0285. The van der Waals surface area contributed by atoms with Gasteiger partial charge in [0.2, 0.25) is 0 Å². The smallest absolute Gasteiger partial charge is 0.258 e. The highest BCUT2D eigenvalue weighted by Gasteiger charge is 2.18. The number of nitrogens with zero attached hydrogens (tertiary/aromatic N) is 3. The maximum absolute atomic E-state index is 10.8. The molecule has 0 spiro atoms. The number of rotatable bonds is 4. The zero-order chi connectivity index (χ0) is 12.1. The number of hydrogen-bond acceptors (Lipinski definition) is 5. The summed E-state index contributed by atoms with van der Waals surface area (Å²) in [6, 6.07) is 3.03. The van der Waals surface area contributed by atoms with Gasteiger partial charge in [0.25, 0.3) is 0 Å². The van der Waals surface area contributed by atoms with Crippen molar-refractivity contribution >= 4 is 29.1 Å². The topological polar surface area (TPSA) is 79.8 Å². The van der Waals surface area contributed by atoms with Crippen LogP contribution in [0.2, 0.25) is 0 Å². The Morgan fingerprint density at radius 1 is 1.81 bits per heavy atom. The highest BCUT2D eigenvalue weighted by molar-refractivity contribution is 8.00. The number of alkyl halides is 1. The van der Waals surface area contributed by atoms with Gasteiger partial charge in [-0.25, -0.2) is 4.98 Å². The molecule has 0 fully saturated rings. The Labute approximate surface area is 102 Å². The van der Waals surface area contributed by atoms with E-state index in [4.69, 9.17) is 16.9 Å². The molecule has 0 bridgehead atoms. The molecule has 1 heterocycles. The molecule has 1 unspecified atom stereocenters. The Kier molecular flexibility index (Phi) is 4.52. The summed E-state index contributed by atoms with van der Waals surface area (Å²) in [5, 5.41) is 19.7. The Bertz CT molecular complexity index is 447. The molecule has 0 N–H and O–H groups in total. The first-order valence-corrected chi connectivity index (χ1v) is 5.77. The SMILES string of the molecule is CC(CCl)Sc1ncc(C#N)cc1[N+](=O)[O-]. The average molecular weight is 258 g/mol. The lowest BCUT2D eigenvalue weighted by Crippen LogP contribution is -2.01. The van der Waals surface area contributed by atoms with Crippen molar-refractivity contribution in [2.24, 2.45) is 0 Å². The van der Waals surface area contributed by atoms with Crippen LogP contribution in [0, 0.1) is 21.4 Å².